The van der Waals surface area contributed by atoms with Crippen LogP contribution in [0, 0.1) is 6.92 Å². The molecule has 0 unspecified atom stereocenters. The fraction of sp³-hybridized carbons (Fsp3) is 0.211. The Morgan fingerprint density at radius 2 is 1.96 bits per heavy atom. The Kier molecular flexibility index (Phi) is 4.64. The molecule has 3 rings (SSSR count). The topological polar surface area (TPSA) is 79.9 Å². The first-order valence-electron chi connectivity index (χ1n) is 7.64. The van der Waals surface area contributed by atoms with Crippen molar-refractivity contribution in [1.29, 1.82) is 0 Å². The van der Waals surface area contributed by atoms with Crippen molar-refractivity contribution < 1.29 is 19.4 Å². The highest BCUT2D eigenvalue weighted by molar-refractivity contribution is 14.1. The second-order valence-electron chi connectivity index (χ2n) is 5.86. The van der Waals surface area contributed by atoms with Gasteiger partial charge in [0.2, 0.25) is 5.43 Å². The summed E-state index contributed by atoms with van der Waals surface area (Å²) >= 11 is 2.18. The van der Waals surface area contributed by atoms with Crippen molar-refractivity contribution in [3.8, 4) is 17.2 Å². The predicted molar refractivity (Wildman–Crippen MR) is 106 cm³/mol. The number of aromatic hydroxyl groups is 2. The van der Waals surface area contributed by atoms with E-state index in [-0.39, 0.29) is 33.4 Å². The van der Waals surface area contributed by atoms with Crippen LogP contribution in [0.3, 0.4) is 0 Å². The maximum Gasteiger partial charge on any atom is 0.204 e. The van der Waals surface area contributed by atoms with Crippen molar-refractivity contribution >= 4 is 44.5 Å². The van der Waals surface area contributed by atoms with Crippen LogP contribution in [0.1, 0.15) is 18.1 Å². The number of hydrogen-bond donors (Lipinski definition) is 2. The highest BCUT2D eigenvalue weighted by Gasteiger charge is 2.20. The Morgan fingerprint density at radius 1 is 1.24 bits per heavy atom. The molecule has 0 spiro atoms. The zero-order chi connectivity index (χ0) is 18.3. The van der Waals surface area contributed by atoms with Crippen LogP contribution >= 0.6 is 22.6 Å². The van der Waals surface area contributed by atoms with Gasteiger partial charge in [-0.15, -0.1) is 0 Å². The molecule has 6 heteroatoms. The van der Waals surface area contributed by atoms with Crippen molar-refractivity contribution in [2.24, 2.45) is 0 Å². The Balaban J connectivity index is 2.52. The van der Waals surface area contributed by atoms with Crippen molar-refractivity contribution in [3.63, 3.8) is 0 Å². The molecule has 0 amide bonds. The van der Waals surface area contributed by atoms with Gasteiger partial charge in [0.05, 0.1) is 12.5 Å². The van der Waals surface area contributed by atoms with E-state index < -0.39 is 5.43 Å². The Bertz CT molecular complexity index is 1080. The number of hydrogen-bond acceptors (Lipinski definition) is 5. The van der Waals surface area contributed by atoms with Crippen LogP contribution < -0.4 is 10.2 Å². The van der Waals surface area contributed by atoms with E-state index in [9.17, 15) is 15.0 Å². The molecule has 25 heavy (non-hydrogen) atoms. The first-order valence-corrected chi connectivity index (χ1v) is 8.72. The van der Waals surface area contributed by atoms with Gasteiger partial charge in [0.15, 0.2) is 11.3 Å². The standard InChI is InChI=1S/C19H17IO5/c1-9-6-12(21)17-15(7-9)25-19-13(22)8-14(24-3)11(5-4-10(2)20)16(19)18(17)23/h4,6-8,21-22H,5H2,1-3H3/b10-4-. The fourth-order valence-electron chi connectivity index (χ4n) is 2.91. The van der Waals surface area contributed by atoms with Crippen molar-refractivity contribution in [2.45, 2.75) is 20.3 Å². The summed E-state index contributed by atoms with van der Waals surface area (Å²) in [4.78, 5) is 13.1. The summed E-state index contributed by atoms with van der Waals surface area (Å²) in [5.74, 6) is 0.0856. The highest BCUT2D eigenvalue weighted by Crippen LogP contribution is 2.37. The molecule has 0 atom stereocenters. The summed E-state index contributed by atoms with van der Waals surface area (Å²) in [7, 11) is 1.48. The molecule has 0 saturated carbocycles. The number of halogens is 1. The lowest BCUT2D eigenvalue weighted by atomic mass is 10.0. The molecule has 2 aromatic carbocycles. The quantitative estimate of drug-likeness (QED) is 0.450. The molecular formula is C19H17IO5. The molecule has 130 valence electrons. The Hall–Kier alpha value is -2.22. The molecule has 3 aromatic rings. The van der Waals surface area contributed by atoms with E-state index in [4.69, 9.17) is 9.15 Å². The van der Waals surface area contributed by atoms with Crippen molar-refractivity contribution in [1.82, 2.24) is 0 Å². The van der Waals surface area contributed by atoms with Crippen molar-refractivity contribution in [3.05, 3.63) is 49.2 Å². The largest absolute Gasteiger partial charge is 0.507 e. The first kappa shape index (κ1) is 17.6. The molecule has 1 aromatic heterocycles. The molecule has 0 saturated heterocycles. The van der Waals surface area contributed by atoms with E-state index in [1.54, 1.807) is 13.0 Å². The molecule has 1 heterocycles. The van der Waals surface area contributed by atoms with Gasteiger partial charge in [-0.3, -0.25) is 4.79 Å². The number of fused-ring (bicyclic) bond motifs is 2. The lowest BCUT2D eigenvalue weighted by Crippen LogP contribution is -2.07. The lowest BCUT2D eigenvalue weighted by molar-refractivity contribution is 0.403. The van der Waals surface area contributed by atoms with Gasteiger partial charge in [-0.2, -0.15) is 0 Å². The summed E-state index contributed by atoms with van der Waals surface area (Å²) in [6.07, 6.45) is 2.39. The van der Waals surface area contributed by atoms with Gasteiger partial charge in [-0.05, 0) is 64.1 Å². The van der Waals surface area contributed by atoms with E-state index in [1.165, 1.54) is 19.2 Å². The predicted octanol–water partition coefficient (Wildman–Crippen LogP) is 4.56. The number of ether oxygens (including phenoxy) is 1. The van der Waals surface area contributed by atoms with Crippen LogP contribution in [-0.4, -0.2) is 17.3 Å². The third-order valence-corrected chi connectivity index (χ3v) is 4.47. The third-order valence-electron chi connectivity index (χ3n) is 4.03. The average molecular weight is 452 g/mol. The molecule has 0 aliphatic rings. The Morgan fingerprint density at radius 3 is 2.60 bits per heavy atom. The molecular weight excluding hydrogens is 435 g/mol. The van der Waals surface area contributed by atoms with E-state index >= 15 is 0 Å². The van der Waals surface area contributed by atoms with E-state index in [0.29, 0.717) is 17.7 Å². The minimum atomic E-state index is -0.391. The first-order chi connectivity index (χ1) is 11.8. The van der Waals surface area contributed by atoms with Gasteiger partial charge < -0.3 is 19.4 Å². The lowest BCUT2D eigenvalue weighted by Gasteiger charge is -2.13. The van der Waals surface area contributed by atoms with E-state index in [2.05, 4.69) is 22.6 Å². The van der Waals surface area contributed by atoms with Crippen LogP contribution in [0.25, 0.3) is 21.9 Å². The average Bonchev–Trinajstić information content (AvgIpc) is 2.53. The number of phenols is 2. The fourth-order valence-corrected chi connectivity index (χ4v) is 3.13. The summed E-state index contributed by atoms with van der Waals surface area (Å²) in [5, 5.41) is 20.9. The number of methoxy groups -OCH3 is 1. The summed E-state index contributed by atoms with van der Waals surface area (Å²) in [6.45, 7) is 3.73. The second-order valence-corrected chi connectivity index (χ2v) is 7.57. The molecule has 0 bridgehead atoms. The van der Waals surface area contributed by atoms with Crippen molar-refractivity contribution in [2.75, 3.05) is 7.11 Å². The normalized spacial score (nSPS) is 12.1. The zero-order valence-electron chi connectivity index (χ0n) is 14.0. The maximum atomic E-state index is 13.1. The van der Waals surface area contributed by atoms with E-state index in [0.717, 1.165) is 9.14 Å². The van der Waals surface area contributed by atoms with Crippen LogP contribution in [0.2, 0.25) is 0 Å². The van der Waals surface area contributed by atoms with Gasteiger partial charge in [0, 0.05) is 11.6 Å². The minimum absolute atomic E-state index is 0.0952. The SMILES string of the molecule is COc1cc(O)c2oc3cc(C)cc(O)c3c(=O)c2c1C/C=C(/C)I. The van der Waals surface area contributed by atoms with Crippen LogP contribution in [0.15, 0.2) is 37.1 Å². The van der Waals surface area contributed by atoms with Crippen LogP contribution in [0.4, 0.5) is 0 Å². The maximum absolute atomic E-state index is 13.1. The van der Waals surface area contributed by atoms with Crippen LogP contribution in [0.5, 0.6) is 17.2 Å². The smallest absolute Gasteiger partial charge is 0.204 e. The summed E-state index contributed by atoms with van der Waals surface area (Å²) in [5.41, 5.74) is 1.31. The van der Waals surface area contributed by atoms with Gasteiger partial charge in [-0.25, -0.2) is 0 Å². The molecule has 5 nitrogen and oxygen atoms in total. The van der Waals surface area contributed by atoms with Crippen LogP contribution in [-0.2, 0) is 6.42 Å². The molecule has 0 fully saturated rings. The number of rotatable bonds is 3. The van der Waals surface area contributed by atoms with Gasteiger partial charge in [0.1, 0.15) is 22.5 Å². The zero-order valence-corrected chi connectivity index (χ0v) is 16.2. The number of benzene rings is 2. The highest BCUT2D eigenvalue weighted by atomic mass is 127. The molecule has 2 N–H and O–H groups in total. The second kappa shape index (κ2) is 6.59. The molecule has 0 aliphatic carbocycles. The number of phenolic OH excluding ortho intramolecular Hbond substituents is 2. The minimum Gasteiger partial charge on any atom is -0.507 e. The molecule has 0 aliphatic heterocycles. The summed E-state index contributed by atoms with van der Waals surface area (Å²) in [6, 6.07) is 4.62. The summed E-state index contributed by atoms with van der Waals surface area (Å²) < 4.78 is 12.2. The van der Waals surface area contributed by atoms with Gasteiger partial charge in [0.25, 0.3) is 0 Å². The number of allylic oxidation sites excluding steroid dienone is 2. The molecule has 0 radical (unpaired) electrons. The monoisotopic (exact) mass is 452 g/mol. The van der Waals surface area contributed by atoms with Gasteiger partial charge in [-0.1, -0.05) is 6.08 Å². The third kappa shape index (κ3) is 3.06. The van der Waals surface area contributed by atoms with E-state index in [1.807, 2.05) is 13.0 Å². The Labute approximate surface area is 157 Å². The van der Waals surface area contributed by atoms with Gasteiger partial charge >= 0.3 is 0 Å². The number of aryl methyl sites for hydroxylation is 1.